The lowest BCUT2D eigenvalue weighted by atomic mass is 10.2. The van der Waals surface area contributed by atoms with Crippen molar-refractivity contribution in [2.24, 2.45) is 0 Å². The molecule has 1 aliphatic carbocycles. The minimum Gasteiger partial charge on any atom is -0.465 e. The number of rotatable bonds is 2. The van der Waals surface area contributed by atoms with E-state index in [1.165, 1.54) is 7.11 Å². The summed E-state index contributed by atoms with van der Waals surface area (Å²) >= 11 is 3.35. The second-order valence-electron chi connectivity index (χ2n) is 4.12. The van der Waals surface area contributed by atoms with Gasteiger partial charge in [0.15, 0.2) is 11.5 Å². The molecule has 88 valence electrons. The summed E-state index contributed by atoms with van der Waals surface area (Å²) in [6.07, 6.45) is 2.23. The van der Waals surface area contributed by atoms with Gasteiger partial charge in [-0.1, -0.05) is 15.9 Å². The number of aromatic nitrogens is 1. The summed E-state index contributed by atoms with van der Waals surface area (Å²) < 4.78 is 11.2. The van der Waals surface area contributed by atoms with Crippen LogP contribution in [0.15, 0.2) is 21.0 Å². The number of hydrogen-bond acceptors (Lipinski definition) is 4. The number of carbonyl (C=O) groups excluding carboxylic acids is 1. The van der Waals surface area contributed by atoms with Crippen LogP contribution in [0.4, 0.5) is 0 Å². The zero-order valence-electron chi connectivity index (χ0n) is 9.20. The quantitative estimate of drug-likeness (QED) is 0.798. The summed E-state index contributed by atoms with van der Waals surface area (Å²) in [6.45, 7) is 0. The van der Waals surface area contributed by atoms with Crippen LogP contribution in [0, 0.1) is 0 Å². The van der Waals surface area contributed by atoms with Crippen molar-refractivity contribution in [2.45, 2.75) is 18.8 Å². The Morgan fingerprint density at radius 3 is 2.94 bits per heavy atom. The third-order valence-corrected chi connectivity index (χ3v) is 3.26. The molecular formula is C12H10BrNO3. The fourth-order valence-electron chi connectivity index (χ4n) is 1.78. The first kappa shape index (κ1) is 10.8. The second kappa shape index (κ2) is 3.84. The Morgan fingerprint density at radius 2 is 2.29 bits per heavy atom. The van der Waals surface area contributed by atoms with E-state index in [9.17, 15) is 4.79 Å². The van der Waals surface area contributed by atoms with E-state index in [1.54, 1.807) is 6.07 Å². The van der Waals surface area contributed by atoms with Gasteiger partial charge in [0.2, 0.25) is 0 Å². The van der Waals surface area contributed by atoms with Gasteiger partial charge in [-0.3, -0.25) is 0 Å². The molecule has 1 fully saturated rings. The average Bonchev–Trinajstić information content (AvgIpc) is 3.08. The van der Waals surface area contributed by atoms with E-state index in [2.05, 4.69) is 20.9 Å². The lowest BCUT2D eigenvalue weighted by Crippen LogP contribution is -2.01. The van der Waals surface area contributed by atoms with Crippen LogP contribution < -0.4 is 0 Å². The van der Waals surface area contributed by atoms with Crippen LogP contribution in [-0.2, 0) is 4.74 Å². The van der Waals surface area contributed by atoms with E-state index < -0.39 is 5.97 Å². The van der Waals surface area contributed by atoms with Crippen LogP contribution in [0.5, 0.6) is 0 Å². The highest BCUT2D eigenvalue weighted by molar-refractivity contribution is 9.10. The molecule has 1 aliphatic rings. The topological polar surface area (TPSA) is 52.3 Å². The first-order valence-corrected chi connectivity index (χ1v) is 6.16. The zero-order valence-corrected chi connectivity index (χ0v) is 10.8. The Bertz CT molecular complexity index is 601. The van der Waals surface area contributed by atoms with Crippen LogP contribution >= 0.6 is 15.9 Å². The molecule has 0 radical (unpaired) electrons. The average molecular weight is 296 g/mol. The number of oxazole rings is 1. The molecule has 17 heavy (non-hydrogen) atoms. The minimum absolute atomic E-state index is 0.408. The van der Waals surface area contributed by atoms with Crippen LogP contribution in [-0.4, -0.2) is 18.1 Å². The second-order valence-corrected chi connectivity index (χ2v) is 5.04. The van der Waals surface area contributed by atoms with Crippen LogP contribution in [0.25, 0.3) is 11.1 Å². The maximum Gasteiger partial charge on any atom is 0.341 e. The van der Waals surface area contributed by atoms with Gasteiger partial charge in [-0.25, -0.2) is 9.78 Å². The van der Waals surface area contributed by atoms with Crippen molar-refractivity contribution in [1.29, 1.82) is 0 Å². The van der Waals surface area contributed by atoms with Gasteiger partial charge in [-0.05, 0) is 25.0 Å². The number of esters is 1. The van der Waals surface area contributed by atoms with Crippen molar-refractivity contribution in [2.75, 3.05) is 7.11 Å². The molecule has 5 heteroatoms. The molecule has 2 aromatic rings. The molecule has 4 nitrogen and oxygen atoms in total. The highest BCUT2D eigenvalue weighted by atomic mass is 79.9. The molecule has 3 rings (SSSR count). The molecule has 0 bridgehead atoms. The molecular weight excluding hydrogens is 286 g/mol. The smallest absolute Gasteiger partial charge is 0.341 e. The van der Waals surface area contributed by atoms with Gasteiger partial charge in [0.1, 0.15) is 11.1 Å². The van der Waals surface area contributed by atoms with Crippen molar-refractivity contribution in [3.8, 4) is 0 Å². The molecule has 0 unspecified atom stereocenters. The summed E-state index contributed by atoms with van der Waals surface area (Å²) in [6, 6.07) is 3.53. The zero-order chi connectivity index (χ0) is 12.0. The number of halogens is 1. The number of ether oxygens (including phenoxy) is 1. The molecule has 0 saturated heterocycles. The molecule has 0 aliphatic heterocycles. The molecule has 0 spiro atoms. The summed E-state index contributed by atoms with van der Waals surface area (Å²) in [7, 11) is 1.35. The molecule has 1 heterocycles. The minimum atomic E-state index is -0.408. The van der Waals surface area contributed by atoms with Crippen molar-refractivity contribution in [3.05, 3.63) is 28.1 Å². The van der Waals surface area contributed by atoms with Gasteiger partial charge in [0.25, 0.3) is 0 Å². The van der Waals surface area contributed by atoms with E-state index in [0.717, 1.165) is 23.2 Å². The first-order valence-electron chi connectivity index (χ1n) is 5.37. The molecule has 1 saturated carbocycles. The third-order valence-electron chi connectivity index (χ3n) is 2.80. The molecule has 0 N–H and O–H groups in total. The lowest BCUT2D eigenvalue weighted by molar-refractivity contribution is 0.0601. The SMILES string of the molecule is COC(=O)c1cc(Br)cc2nc(C3CC3)oc12. The molecule has 0 atom stereocenters. The van der Waals surface area contributed by atoms with E-state index >= 15 is 0 Å². The summed E-state index contributed by atoms with van der Waals surface area (Å²) in [5.74, 6) is 0.740. The number of hydrogen-bond donors (Lipinski definition) is 0. The monoisotopic (exact) mass is 295 g/mol. The van der Waals surface area contributed by atoms with Gasteiger partial charge >= 0.3 is 5.97 Å². The molecule has 1 aromatic heterocycles. The number of methoxy groups -OCH3 is 1. The summed E-state index contributed by atoms with van der Waals surface area (Å²) in [5, 5.41) is 0. The highest BCUT2D eigenvalue weighted by Crippen LogP contribution is 2.41. The predicted molar refractivity (Wildman–Crippen MR) is 65.0 cm³/mol. The van der Waals surface area contributed by atoms with Crippen LogP contribution in [0.2, 0.25) is 0 Å². The van der Waals surface area contributed by atoms with Gasteiger partial charge in [0.05, 0.1) is 7.11 Å². The third kappa shape index (κ3) is 1.84. The predicted octanol–water partition coefficient (Wildman–Crippen LogP) is 3.25. The fraction of sp³-hybridized carbons (Fsp3) is 0.333. The van der Waals surface area contributed by atoms with Gasteiger partial charge in [-0.2, -0.15) is 0 Å². The Balaban J connectivity index is 2.21. The van der Waals surface area contributed by atoms with E-state index in [-0.39, 0.29) is 0 Å². The molecule has 1 aromatic carbocycles. The largest absolute Gasteiger partial charge is 0.465 e. The Kier molecular flexibility index (Phi) is 2.43. The lowest BCUT2D eigenvalue weighted by Gasteiger charge is -1.99. The first-order chi connectivity index (χ1) is 8.19. The van der Waals surface area contributed by atoms with Crippen molar-refractivity contribution < 1.29 is 13.9 Å². The van der Waals surface area contributed by atoms with Gasteiger partial charge in [-0.15, -0.1) is 0 Å². The highest BCUT2D eigenvalue weighted by Gasteiger charge is 2.30. The summed E-state index contributed by atoms with van der Waals surface area (Å²) in [5.41, 5.74) is 1.62. The standard InChI is InChI=1S/C12H10BrNO3/c1-16-12(15)8-4-7(13)5-9-10(8)17-11(14-9)6-2-3-6/h4-6H,2-3H2,1H3. The Labute approximate surface area is 106 Å². The van der Waals surface area contributed by atoms with Crippen molar-refractivity contribution in [1.82, 2.24) is 4.98 Å². The number of benzene rings is 1. The maximum atomic E-state index is 11.6. The normalized spacial score (nSPS) is 15.2. The van der Waals surface area contributed by atoms with E-state index in [1.807, 2.05) is 6.07 Å². The van der Waals surface area contributed by atoms with Gasteiger partial charge in [0, 0.05) is 10.4 Å². The van der Waals surface area contributed by atoms with E-state index in [4.69, 9.17) is 9.15 Å². The summed E-state index contributed by atoms with van der Waals surface area (Å²) in [4.78, 5) is 16.1. The number of carbonyl (C=O) groups is 1. The number of fused-ring (bicyclic) bond motifs is 1. The fourth-order valence-corrected chi connectivity index (χ4v) is 2.23. The van der Waals surface area contributed by atoms with Crippen LogP contribution in [0.1, 0.15) is 35.0 Å². The maximum absolute atomic E-state index is 11.6. The Hall–Kier alpha value is -1.36. The van der Waals surface area contributed by atoms with Crippen molar-refractivity contribution in [3.63, 3.8) is 0 Å². The van der Waals surface area contributed by atoms with Gasteiger partial charge < -0.3 is 9.15 Å². The Morgan fingerprint density at radius 1 is 1.53 bits per heavy atom. The van der Waals surface area contributed by atoms with Crippen molar-refractivity contribution >= 4 is 33.0 Å². The van der Waals surface area contributed by atoms with E-state index in [0.29, 0.717) is 22.6 Å². The number of nitrogens with zero attached hydrogens (tertiary/aromatic N) is 1. The van der Waals surface area contributed by atoms with Crippen LogP contribution in [0.3, 0.4) is 0 Å². The molecule has 0 amide bonds.